The molecule has 0 saturated heterocycles. The number of rotatable bonds is 2. The second-order valence-electron chi connectivity index (χ2n) is 14.8. The first kappa shape index (κ1) is 29.5. The lowest BCUT2D eigenvalue weighted by Crippen LogP contribution is -1.83. The lowest BCUT2D eigenvalue weighted by atomic mass is 9.94. The van der Waals surface area contributed by atoms with Gasteiger partial charge in [-0.3, -0.25) is 0 Å². The van der Waals surface area contributed by atoms with Crippen molar-refractivity contribution in [3.63, 3.8) is 0 Å². The predicted octanol–water partition coefficient (Wildman–Crippen LogP) is 15.8. The fourth-order valence-corrected chi connectivity index (χ4v) is 10.6. The monoisotopic (exact) mass is 716 g/mol. The highest BCUT2D eigenvalue weighted by molar-refractivity contribution is 7.27. The van der Waals surface area contributed by atoms with Crippen LogP contribution >= 0.6 is 11.3 Å². The smallest absolute Gasteiger partial charge is 0.143 e. The summed E-state index contributed by atoms with van der Waals surface area (Å²) < 4.78 is 16.3. The molecule has 0 N–H and O–H groups in total. The maximum Gasteiger partial charge on any atom is 0.143 e. The zero-order valence-corrected chi connectivity index (χ0v) is 30.2. The van der Waals surface area contributed by atoms with E-state index in [4.69, 9.17) is 8.83 Å². The number of fused-ring (bicyclic) bond motifs is 15. The summed E-state index contributed by atoms with van der Waals surface area (Å²) in [6.07, 6.45) is 0. The van der Waals surface area contributed by atoms with Crippen molar-refractivity contribution < 1.29 is 8.83 Å². The lowest BCUT2D eigenvalue weighted by molar-refractivity contribution is 0.670. The van der Waals surface area contributed by atoms with Crippen LogP contribution in [-0.2, 0) is 0 Å². The Bertz CT molecular complexity index is 3530. The quantitative estimate of drug-likeness (QED) is 0.178. The van der Waals surface area contributed by atoms with E-state index in [2.05, 4.69) is 170 Å². The minimum Gasteiger partial charge on any atom is -0.455 e. The second kappa shape index (κ2) is 10.8. The molecule has 0 atom stereocenters. The van der Waals surface area contributed by atoms with Crippen LogP contribution in [0.15, 0.2) is 179 Å². The van der Waals surface area contributed by atoms with Crippen LogP contribution in [0.2, 0.25) is 0 Å². The number of hydrogen-bond donors (Lipinski definition) is 0. The van der Waals surface area contributed by atoms with Gasteiger partial charge in [-0.1, -0.05) is 133 Å². The van der Waals surface area contributed by atoms with Gasteiger partial charge in [0.1, 0.15) is 22.3 Å². The third-order valence-corrected chi connectivity index (χ3v) is 13.1. The Morgan fingerprint density at radius 2 is 0.673 bits per heavy atom. The van der Waals surface area contributed by atoms with Crippen LogP contribution in [0.4, 0.5) is 0 Å². The Morgan fingerprint density at radius 1 is 0.291 bits per heavy atom. The SMILES string of the molecule is c1ccc2cc3c(cc2c1)oc1c(-c2cccc4c2sc2c(-c5cc6ccccc6c6c5oc5cc7ccccc7cc56)cccc24)cc2ccccc2c13. The summed E-state index contributed by atoms with van der Waals surface area (Å²) in [6, 6.07) is 61.6. The first-order valence-corrected chi connectivity index (χ1v) is 19.6. The van der Waals surface area contributed by atoms with Crippen LogP contribution < -0.4 is 0 Å². The number of thiophene rings is 1. The van der Waals surface area contributed by atoms with Crippen molar-refractivity contribution >= 4 is 118 Å². The minimum absolute atomic E-state index is 0.913. The van der Waals surface area contributed by atoms with Crippen molar-refractivity contribution in [1.29, 1.82) is 0 Å². The molecule has 3 heteroatoms. The molecule has 10 aromatic carbocycles. The number of hydrogen-bond acceptors (Lipinski definition) is 3. The highest BCUT2D eigenvalue weighted by Crippen LogP contribution is 2.50. The maximum absolute atomic E-state index is 6.91. The van der Waals surface area contributed by atoms with Crippen molar-refractivity contribution in [1.82, 2.24) is 0 Å². The van der Waals surface area contributed by atoms with Crippen LogP contribution in [0.5, 0.6) is 0 Å². The molecule has 0 bridgehead atoms. The van der Waals surface area contributed by atoms with Crippen LogP contribution in [0.25, 0.3) is 129 Å². The topological polar surface area (TPSA) is 26.3 Å². The molecule has 3 aromatic heterocycles. The van der Waals surface area contributed by atoms with Crippen LogP contribution in [0, 0.1) is 0 Å². The Balaban J connectivity index is 1.11. The van der Waals surface area contributed by atoms with Gasteiger partial charge in [-0.2, -0.15) is 0 Å². The standard InChI is InChI=1S/C52H28O2S/c1-3-13-31-27-45-43(23-29(31)11-1)47-35-17-7-5-15-33(35)25-41(49(47)53-45)39-21-9-19-37-38-20-10-22-40(52(38)55-51(37)39)42-26-34-16-6-8-18-36(34)48-44-24-30-12-2-4-14-32(30)28-46(44)54-50(42)48/h1-28H. The number of benzene rings is 10. The van der Waals surface area contributed by atoms with E-state index in [0.717, 1.165) is 44.2 Å². The summed E-state index contributed by atoms with van der Waals surface area (Å²) in [5.74, 6) is 0. The van der Waals surface area contributed by atoms with E-state index in [-0.39, 0.29) is 0 Å². The van der Waals surface area contributed by atoms with Gasteiger partial charge in [0.15, 0.2) is 0 Å². The van der Waals surface area contributed by atoms with Crippen LogP contribution in [0.3, 0.4) is 0 Å². The molecule has 0 aliphatic rings. The maximum atomic E-state index is 6.91. The summed E-state index contributed by atoms with van der Waals surface area (Å²) in [4.78, 5) is 0. The molecule has 3 heterocycles. The van der Waals surface area contributed by atoms with Gasteiger partial charge in [0.2, 0.25) is 0 Å². The highest BCUT2D eigenvalue weighted by Gasteiger charge is 2.23. The molecular weight excluding hydrogens is 689 g/mol. The Labute approximate surface area is 318 Å². The molecule has 13 rings (SSSR count). The average molecular weight is 717 g/mol. The molecule has 0 unspecified atom stereocenters. The van der Waals surface area contributed by atoms with E-state index in [0.29, 0.717) is 0 Å². The van der Waals surface area contributed by atoms with Gasteiger partial charge < -0.3 is 8.83 Å². The summed E-state index contributed by atoms with van der Waals surface area (Å²) in [7, 11) is 0. The van der Waals surface area contributed by atoms with Gasteiger partial charge in [-0.25, -0.2) is 0 Å². The van der Waals surface area contributed by atoms with Crippen molar-refractivity contribution in [2.24, 2.45) is 0 Å². The Morgan fingerprint density at radius 3 is 1.13 bits per heavy atom. The van der Waals surface area contributed by atoms with E-state index in [1.165, 1.54) is 85.2 Å². The summed E-state index contributed by atoms with van der Waals surface area (Å²) in [5, 5.41) is 16.7. The van der Waals surface area contributed by atoms with Crippen LogP contribution in [-0.4, -0.2) is 0 Å². The van der Waals surface area contributed by atoms with E-state index in [1.807, 2.05) is 11.3 Å². The van der Waals surface area contributed by atoms with E-state index < -0.39 is 0 Å². The molecule has 2 nitrogen and oxygen atoms in total. The van der Waals surface area contributed by atoms with Gasteiger partial charge in [0, 0.05) is 64.0 Å². The van der Waals surface area contributed by atoms with E-state index in [1.54, 1.807) is 0 Å². The fraction of sp³-hybridized carbons (Fsp3) is 0. The molecule has 0 amide bonds. The largest absolute Gasteiger partial charge is 0.455 e. The Kier molecular flexibility index (Phi) is 5.80. The third-order valence-electron chi connectivity index (χ3n) is 11.8. The summed E-state index contributed by atoms with van der Waals surface area (Å²) >= 11 is 1.87. The third kappa shape index (κ3) is 4.08. The van der Waals surface area contributed by atoms with Gasteiger partial charge in [-0.05, 0) is 79.5 Å². The van der Waals surface area contributed by atoms with Gasteiger partial charge in [-0.15, -0.1) is 11.3 Å². The first-order chi connectivity index (χ1) is 27.2. The van der Waals surface area contributed by atoms with Crippen LogP contribution in [0.1, 0.15) is 0 Å². The molecule has 254 valence electrons. The van der Waals surface area contributed by atoms with Crippen molar-refractivity contribution in [3.05, 3.63) is 170 Å². The summed E-state index contributed by atoms with van der Waals surface area (Å²) in [6.45, 7) is 0. The van der Waals surface area contributed by atoms with Crippen molar-refractivity contribution in [2.75, 3.05) is 0 Å². The van der Waals surface area contributed by atoms with E-state index in [9.17, 15) is 0 Å². The van der Waals surface area contributed by atoms with Gasteiger partial charge >= 0.3 is 0 Å². The minimum atomic E-state index is 0.913. The molecule has 0 saturated carbocycles. The predicted molar refractivity (Wildman–Crippen MR) is 235 cm³/mol. The van der Waals surface area contributed by atoms with Gasteiger partial charge in [0.05, 0.1) is 0 Å². The molecule has 0 aliphatic carbocycles. The Hall–Kier alpha value is -6.94. The highest BCUT2D eigenvalue weighted by atomic mass is 32.1. The molecular formula is C52H28O2S. The summed E-state index contributed by atoms with van der Waals surface area (Å²) in [5.41, 5.74) is 8.29. The fourth-order valence-electron chi connectivity index (χ4n) is 9.27. The zero-order valence-electron chi connectivity index (χ0n) is 29.4. The molecule has 0 aliphatic heterocycles. The zero-order chi connectivity index (χ0) is 35.8. The normalized spacial score (nSPS) is 12.4. The molecule has 0 radical (unpaired) electrons. The first-order valence-electron chi connectivity index (χ1n) is 18.7. The second-order valence-corrected chi connectivity index (χ2v) is 15.8. The van der Waals surface area contributed by atoms with Crippen molar-refractivity contribution in [3.8, 4) is 22.3 Å². The van der Waals surface area contributed by atoms with Gasteiger partial charge in [0.25, 0.3) is 0 Å². The van der Waals surface area contributed by atoms with E-state index >= 15 is 0 Å². The molecule has 55 heavy (non-hydrogen) atoms. The molecule has 13 aromatic rings. The number of furan rings is 2. The average Bonchev–Trinajstić information content (AvgIpc) is 3.93. The lowest BCUT2D eigenvalue weighted by Gasteiger charge is -2.08. The molecule has 0 spiro atoms. The molecule has 0 fully saturated rings. The van der Waals surface area contributed by atoms with Crippen molar-refractivity contribution in [2.45, 2.75) is 0 Å².